The standard InChI is InChI=1S/C23H26N2O4/c1-3-16-5-8-19(9-6-16)25-14-18(12-22(25)26)23(27)24(4-2)13-17-7-10-20-21(11-17)29-15-28-20/h5-11,18H,3-4,12-15H2,1-2H3. The monoisotopic (exact) mass is 394 g/mol. The van der Waals surface area contributed by atoms with Gasteiger partial charge in [-0.1, -0.05) is 25.1 Å². The van der Waals surface area contributed by atoms with Gasteiger partial charge in [-0.2, -0.15) is 0 Å². The van der Waals surface area contributed by atoms with E-state index in [1.54, 1.807) is 9.80 Å². The summed E-state index contributed by atoms with van der Waals surface area (Å²) in [6.07, 6.45) is 1.21. The fraction of sp³-hybridized carbons (Fsp3) is 0.391. The number of carbonyl (C=O) groups is 2. The van der Waals surface area contributed by atoms with Crippen molar-refractivity contribution in [3.8, 4) is 11.5 Å². The molecule has 1 saturated heterocycles. The van der Waals surface area contributed by atoms with Gasteiger partial charge >= 0.3 is 0 Å². The van der Waals surface area contributed by atoms with E-state index in [-0.39, 0.29) is 30.9 Å². The quantitative estimate of drug-likeness (QED) is 0.754. The number of fused-ring (bicyclic) bond motifs is 1. The number of hydrogen-bond donors (Lipinski definition) is 0. The molecule has 1 unspecified atom stereocenters. The molecule has 152 valence electrons. The van der Waals surface area contributed by atoms with E-state index in [0.717, 1.165) is 23.4 Å². The first kappa shape index (κ1) is 19.3. The summed E-state index contributed by atoms with van der Waals surface area (Å²) in [5, 5.41) is 0. The lowest BCUT2D eigenvalue weighted by molar-refractivity contribution is -0.136. The third-order valence-corrected chi connectivity index (χ3v) is 5.63. The van der Waals surface area contributed by atoms with Gasteiger partial charge in [-0.3, -0.25) is 9.59 Å². The first-order valence-electron chi connectivity index (χ1n) is 10.2. The van der Waals surface area contributed by atoms with Crippen LogP contribution in [0.25, 0.3) is 0 Å². The summed E-state index contributed by atoms with van der Waals surface area (Å²) in [4.78, 5) is 29.2. The number of carbonyl (C=O) groups excluding carboxylic acids is 2. The van der Waals surface area contributed by atoms with Gasteiger partial charge < -0.3 is 19.3 Å². The summed E-state index contributed by atoms with van der Waals surface area (Å²) in [7, 11) is 0. The molecule has 1 fully saturated rings. The number of hydrogen-bond acceptors (Lipinski definition) is 4. The second-order valence-electron chi connectivity index (χ2n) is 7.47. The third-order valence-electron chi connectivity index (χ3n) is 5.63. The van der Waals surface area contributed by atoms with Crippen LogP contribution < -0.4 is 14.4 Å². The molecule has 4 rings (SSSR count). The van der Waals surface area contributed by atoms with E-state index in [4.69, 9.17) is 9.47 Å². The van der Waals surface area contributed by atoms with Gasteiger partial charge in [0.05, 0.1) is 5.92 Å². The Morgan fingerprint density at radius 3 is 2.52 bits per heavy atom. The number of rotatable bonds is 6. The molecule has 2 aliphatic rings. The normalized spacial score (nSPS) is 17.7. The van der Waals surface area contributed by atoms with Gasteiger partial charge in [0.15, 0.2) is 11.5 Å². The van der Waals surface area contributed by atoms with Crippen molar-refractivity contribution in [1.29, 1.82) is 0 Å². The molecular formula is C23H26N2O4. The van der Waals surface area contributed by atoms with Gasteiger partial charge in [0, 0.05) is 31.7 Å². The van der Waals surface area contributed by atoms with E-state index in [9.17, 15) is 9.59 Å². The minimum Gasteiger partial charge on any atom is -0.454 e. The summed E-state index contributed by atoms with van der Waals surface area (Å²) in [5.74, 6) is 1.15. The van der Waals surface area contributed by atoms with Crippen LogP contribution in [0, 0.1) is 5.92 Å². The molecule has 2 aromatic rings. The van der Waals surface area contributed by atoms with Crippen LogP contribution in [-0.4, -0.2) is 36.6 Å². The summed E-state index contributed by atoms with van der Waals surface area (Å²) in [5.41, 5.74) is 3.08. The van der Waals surface area contributed by atoms with Gasteiger partial charge in [0.2, 0.25) is 18.6 Å². The van der Waals surface area contributed by atoms with Crippen molar-refractivity contribution in [2.75, 3.05) is 24.8 Å². The van der Waals surface area contributed by atoms with Crippen LogP contribution in [0.2, 0.25) is 0 Å². The first-order chi connectivity index (χ1) is 14.1. The highest BCUT2D eigenvalue weighted by atomic mass is 16.7. The summed E-state index contributed by atoms with van der Waals surface area (Å²) < 4.78 is 10.8. The van der Waals surface area contributed by atoms with Gasteiger partial charge in [0.25, 0.3) is 0 Å². The lowest BCUT2D eigenvalue weighted by atomic mass is 10.1. The zero-order valence-electron chi connectivity index (χ0n) is 16.9. The number of aryl methyl sites for hydroxylation is 1. The lowest BCUT2D eigenvalue weighted by Crippen LogP contribution is -2.37. The maximum atomic E-state index is 13.1. The van der Waals surface area contributed by atoms with Crippen molar-refractivity contribution >= 4 is 17.5 Å². The minimum absolute atomic E-state index is 0.00623. The second kappa shape index (κ2) is 8.15. The molecule has 0 bridgehead atoms. The SMILES string of the molecule is CCc1ccc(N2CC(C(=O)N(CC)Cc3ccc4c(c3)OCO4)CC2=O)cc1. The summed E-state index contributed by atoms with van der Waals surface area (Å²) >= 11 is 0. The summed E-state index contributed by atoms with van der Waals surface area (Å²) in [6.45, 7) is 5.80. The molecule has 6 nitrogen and oxygen atoms in total. The molecular weight excluding hydrogens is 368 g/mol. The lowest BCUT2D eigenvalue weighted by Gasteiger charge is -2.24. The first-order valence-corrected chi connectivity index (χ1v) is 10.2. The Bertz CT molecular complexity index is 910. The second-order valence-corrected chi connectivity index (χ2v) is 7.47. The Morgan fingerprint density at radius 1 is 1.07 bits per heavy atom. The number of benzene rings is 2. The van der Waals surface area contributed by atoms with Crippen molar-refractivity contribution in [2.45, 2.75) is 33.2 Å². The van der Waals surface area contributed by atoms with E-state index >= 15 is 0 Å². The largest absolute Gasteiger partial charge is 0.454 e. The van der Waals surface area contributed by atoms with Crippen LogP contribution in [0.3, 0.4) is 0 Å². The van der Waals surface area contributed by atoms with Crippen LogP contribution in [0.5, 0.6) is 11.5 Å². The molecule has 0 spiro atoms. The van der Waals surface area contributed by atoms with Crippen LogP contribution in [0.15, 0.2) is 42.5 Å². The Hall–Kier alpha value is -3.02. The topological polar surface area (TPSA) is 59.1 Å². The van der Waals surface area contributed by atoms with Gasteiger partial charge in [-0.15, -0.1) is 0 Å². The van der Waals surface area contributed by atoms with Crippen molar-refractivity contribution in [2.24, 2.45) is 5.92 Å². The van der Waals surface area contributed by atoms with Gasteiger partial charge in [-0.05, 0) is 48.7 Å². The molecule has 2 heterocycles. The minimum atomic E-state index is -0.317. The molecule has 0 aromatic heterocycles. The van der Waals surface area contributed by atoms with E-state index in [1.807, 2.05) is 49.4 Å². The van der Waals surface area contributed by atoms with E-state index in [0.29, 0.717) is 25.4 Å². The zero-order valence-corrected chi connectivity index (χ0v) is 16.9. The Morgan fingerprint density at radius 2 is 1.79 bits per heavy atom. The predicted octanol–water partition coefficient (Wildman–Crippen LogP) is 3.38. The average molecular weight is 394 g/mol. The van der Waals surface area contributed by atoms with Crippen molar-refractivity contribution in [3.05, 3.63) is 53.6 Å². The van der Waals surface area contributed by atoms with Crippen LogP contribution >= 0.6 is 0 Å². The molecule has 0 aliphatic carbocycles. The van der Waals surface area contributed by atoms with Crippen LogP contribution in [0.1, 0.15) is 31.4 Å². The van der Waals surface area contributed by atoms with Crippen LogP contribution in [-0.2, 0) is 22.6 Å². The van der Waals surface area contributed by atoms with E-state index in [2.05, 4.69) is 6.92 Å². The molecule has 0 radical (unpaired) electrons. The molecule has 6 heteroatoms. The molecule has 29 heavy (non-hydrogen) atoms. The van der Waals surface area contributed by atoms with Crippen molar-refractivity contribution in [1.82, 2.24) is 4.90 Å². The molecule has 1 atom stereocenters. The molecule has 2 aromatic carbocycles. The summed E-state index contributed by atoms with van der Waals surface area (Å²) in [6, 6.07) is 13.7. The third kappa shape index (κ3) is 3.92. The smallest absolute Gasteiger partial charge is 0.231 e. The number of nitrogens with zero attached hydrogens (tertiary/aromatic N) is 2. The van der Waals surface area contributed by atoms with Gasteiger partial charge in [-0.25, -0.2) is 0 Å². The highest BCUT2D eigenvalue weighted by molar-refractivity contribution is 6.00. The molecule has 0 saturated carbocycles. The number of amides is 2. The molecule has 2 amide bonds. The van der Waals surface area contributed by atoms with Crippen molar-refractivity contribution < 1.29 is 19.1 Å². The number of anilines is 1. The zero-order chi connectivity index (χ0) is 20.4. The van der Waals surface area contributed by atoms with Crippen LogP contribution in [0.4, 0.5) is 5.69 Å². The maximum absolute atomic E-state index is 13.1. The Labute approximate surface area is 171 Å². The Kier molecular flexibility index (Phi) is 5.43. The predicted molar refractivity (Wildman–Crippen MR) is 110 cm³/mol. The van der Waals surface area contributed by atoms with E-state index in [1.165, 1.54) is 5.56 Å². The molecule has 2 aliphatic heterocycles. The maximum Gasteiger partial charge on any atom is 0.231 e. The highest BCUT2D eigenvalue weighted by Gasteiger charge is 2.37. The fourth-order valence-electron chi connectivity index (χ4n) is 3.90. The van der Waals surface area contributed by atoms with Crippen molar-refractivity contribution in [3.63, 3.8) is 0 Å². The van der Waals surface area contributed by atoms with Gasteiger partial charge in [0.1, 0.15) is 0 Å². The van der Waals surface area contributed by atoms with E-state index < -0.39 is 0 Å². The average Bonchev–Trinajstić information content (AvgIpc) is 3.37. The fourth-order valence-corrected chi connectivity index (χ4v) is 3.90. The number of ether oxygens (including phenoxy) is 2. The Balaban J connectivity index is 1.44. The highest BCUT2D eigenvalue weighted by Crippen LogP contribution is 2.33. The molecule has 0 N–H and O–H groups in total.